The summed E-state index contributed by atoms with van der Waals surface area (Å²) >= 11 is 0. The molecule has 4 nitrogen and oxygen atoms in total. The van der Waals surface area contributed by atoms with Gasteiger partial charge in [0.15, 0.2) is 0 Å². The number of hydrogen-bond acceptors (Lipinski definition) is 2. The lowest BCUT2D eigenvalue weighted by molar-refractivity contribution is -0.133. The van der Waals surface area contributed by atoms with Gasteiger partial charge < -0.3 is 4.90 Å². The second-order valence-electron chi connectivity index (χ2n) is 8.02. The third-order valence-corrected chi connectivity index (χ3v) is 4.88. The van der Waals surface area contributed by atoms with E-state index >= 15 is 0 Å². The average Bonchev–Trinajstić information content (AvgIpc) is 2.92. The van der Waals surface area contributed by atoms with E-state index in [1.165, 1.54) is 0 Å². The highest BCUT2D eigenvalue weighted by atomic mass is 16.2. The third-order valence-electron chi connectivity index (χ3n) is 4.88. The lowest BCUT2D eigenvalue weighted by atomic mass is 9.87. The number of carbonyl (C=O) groups is 1. The molecule has 1 aliphatic heterocycles. The molecule has 0 spiro atoms. The fourth-order valence-corrected chi connectivity index (χ4v) is 3.83. The van der Waals surface area contributed by atoms with E-state index < -0.39 is 0 Å². The molecule has 1 amide bonds. The van der Waals surface area contributed by atoms with E-state index in [2.05, 4.69) is 37.7 Å². The van der Waals surface area contributed by atoms with Gasteiger partial charge in [-0.15, -0.1) is 0 Å². The number of amides is 1. The Morgan fingerprint density at radius 2 is 2.00 bits per heavy atom. The Bertz CT molecular complexity index is 553. The highest BCUT2D eigenvalue weighted by Crippen LogP contribution is 2.33. The molecule has 0 N–H and O–H groups in total. The second-order valence-corrected chi connectivity index (χ2v) is 8.02. The molecule has 2 rings (SSSR count). The Balaban J connectivity index is 2.19. The monoisotopic (exact) mass is 305 g/mol. The molecule has 0 unspecified atom stereocenters. The van der Waals surface area contributed by atoms with Gasteiger partial charge in [0.05, 0.1) is 11.6 Å². The van der Waals surface area contributed by atoms with Gasteiger partial charge in [-0.3, -0.25) is 9.48 Å². The van der Waals surface area contributed by atoms with E-state index in [9.17, 15) is 4.79 Å². The lowest BCUT2D eigenvalue weighted by Gasteiger charge is -2.32. The van der Waals surface area contributed by atoms with Gasteiger partial charge in [-0.25, -0.2) is 0 Å². The van der Waals surface area contributed by atoms with Crippen LogP contribution in [0.15, 0.2) is 0 Å². The Hall–Kier alpha value is -1.32. The summed E-state index contributed by atoms with van der Waals surface area (Å²) in [6.07, 6.45) is 3.35. The zero-order valence-electron chi connectivity index (χ0n) is 15.2. The molecule has 0 aliphatic carbocycles. The predicted molar refractivity (Wildman–Crippen MR) is 89.9 cm³/mol. The molecular weight excluding hydrogens is 274 g/mol. The third kappa shape index (κ3) is 3.36. The summed E-state index contributed by atoms with van der Waals surface area (Å²) in [5.41, 5.74) is 3.45. The summed E-state index contributed by atoms with van der Waals surface area (Å²) in [4.78, 5) is 15.2. The zero-order chi connectivity index (χ0) is 16.7. The molecule has 0 saturated carbocycles. The maximum absolute atomic E-state index is 13.0. The van der Waals surface area contributed by atoms with Crippen LogP contribution in [0.3, 0.4) is 0 Å². The number of hydrogen-bond donors (Lipinski definition) is 0. The Kier molecular flexibility index (Phi) is 4.69. The minimum absolute atomic E-state index is 0.103. The average molecular weight is 305 g/mol. The summed E-state index contributed by atoms with van der Waals surface area (Å²) in [7, 11) is 1.95. The maximum atomic E-state index is 13.0. The second kappa shape index (κ2) is 6.05. The van der Waals surface area contributed by atoms with Crippen LogP contribution in [0.1, 0.15) is 69.8 Å². The van der Waals surface area contributed by atoms with E-state index in [-0.39, 0.29) is 17.2 Å². The summed E-state index contributed by atoms with van der Waals surface area (Å²) in [6.45, 7) is 13.8. The molecule has 1 aromatic heterocycles. The molecule has 1 aromatic rings. The molecular formula is C18H31N3O. The van der Waals surface area contributed by atoms with Crippen molar-refractivity contribution in [1.82, 2.24) is 14.7 Å². The van der Waals surface area contributed by atoms with Gasteiger partial charge >= 0.3 is 0 Å². The molecule has 124 valence electrons. The van der Waals surface area contributed by atoms with Crippen LogP contribution in [0.5, 0.6) is 0 Å². The number of aryl methyl sites for hydroxylation is 2. The first-order valence-corrected chi connectivity index (χ1v) is 8.42. The van der Waals surface area contributed by atoms with Gasteiger partial charge in [-0.2, -0.15) is 5.10 Å². The standard InChI is InChI=1S/C18H31N3O/c1-12(16-13(2)19-20(7)14(16)3)17(22)21-10-8-9-15(21)11-18(4,5)6/h12,15H,8-11H2,1-7H3/t12-,15-/m0/s1. The first-order valence-electron chi connectivity index (χ1n) is 8.42. The molecule has 0 bridgehead atoms. The zero-order valence-corrected chi connectivity index (χ0v) is 15.2. The van der Waals surface area contributed by atoms with E-state index in [0.29, 0.717) is 6.04 Å². The largest absolute Gasteiger partial charge is 0.339 e. The van der Waals surface area contributed by atoms with Crippen molar-refractivity contribution in [2.45, 2.75) is 72.8 Å². The Labute approximate surface area is 134 Å². The normalized spacial score (nSPS) is 20.5. The van der Waals surface area contributed by atoms with Crippen molar-refractivity contribution in [2.24, 2.45) is 12.5 Å². The van der Waals surface area contributed by atoms with E-state index in [4.69, 9.17) is 0 Å². The van der Waals surface area contributed by atoms with Gasteiger partial charge in [0, 0.05) is 30.9 Å². The SMILES string of the molecule is Cc1nn(C)c(C)c1[C@H](C)C(=O)N1CCC[C@H]1CC(C)(C)C. The fourth-order valence-electron chi connectivity index (χ4n) is 3.83. The predicted octanol–water partition coefficient (Wildman–Crippen LogP) is 3.57. The molecule has 4 heteroatoms. The van der Waals surface area contributed by atoms with Crippen LogP contribution in [0.4, 0.5) is 0 Å². The number of carbonyl (C=O) groups excluding carboxylic acids is 1. The van der Waals surface area contributed by atoms with Crippen molar-refractivity contribution < 1.29 is 4.79 Å². The van der Waals surface area contributed by atoms with E-state index in [1.54, 1.807) is 0 Å². The van der Waals surface area contributed by atoms with Crippen LogP contribution >= 0.6 is 0 Å². The number of likely N-dealkylation sites (tertiary alicyclic amines) is 1. The summed E-state index contributed by atoms with van der Waals surface area (Å²) in [5.74, 6) is 0.167. The Morgan fingerprint density at radius 1 is 1.36 bits per heavy atom. The molecule has 1 fully saturated rings. The van der Waals surface area contributed by atoms with E-state index in [1.807, 2.05) is 25.6 Å². The first-order chi connectivity index (χ1) is 10.1. The Morgan fingerprint density at radius 3 is 2.50 bits per heavy atom. The summed E-state index contributed by atoms with van der Waals surface area (Å²) in [6, 6.07) is 0.396. The minimum atomic E-state index is -0.103. The summed E-state index contributed by atoms with van der Waals surface area (Å²) < 4.78 is 1.88. The molecule has 1 saturated heterocycles. The van der Waals surface area contributed by atoms with Crippen LogP contribution in [0.2, 0.25) is 0 Å². The molecule has 0 radical (unpaired) electrons. The smallest absolute Gasteiger partial charge is 0.230 e. The molecule has 0 aromatic carbocycles. The van der Waals surface area contributed by atoms with Crippen molar-refractivity contribution in [3.8, 4) is 0 Å². The first kappa shape index (κ1) is 17.0. The maximum Gasteiger partial charge on any atom is 0.230 e. The van der Waals surface area contributed by atoms with Crippen molar-refractivity contribution >= 4 is 5.91 Å². The van der Waals surface area contributed by atoms with Crippen LogP contribution in [0.25, 0.3) is 0 Å². The lowest BCUT2D eigenvalue weighted by Crippen LogP contribution is -2.40. The molecule has 22 heavy (non-hydrogen) atoms. The van der Waals surface area contributed by atoms with Crippen LogP contribution in [-0.4, -0.2) is 33.2 Å². The van der Waals surface area contributed by atoms with Gasteiger partial charge in [-0.1, -0.05) is 20.8 Å². The number of aromatic nitrogens is 2. The molecule has 1 aliphatic rings. The topological polar surface area (TPSA) is 38.1 Å². The van der Waals surface area contributed by atoms with Crippen molar-refractivity contribution in [3.63, 3.8) is 0 Å². The van der Waals surface area contributed by atoms with Gasteiger partial charge in [0.2, 0.25) is 5.91 Å². The fraction of sp³-hybridized carbons (Fsp3) is 0.778. The van der Waals surface area contributed by atoms with Crippen molar-refractivity contribution in [1.29, 1.82) is 0 Å². The number of nitrogens with zero attached hydrogens (tertiary/aromatic N) is 3. The minimum Gasteiger partial charge on any atom is -0.339 e. The van der Waals surface area contributed by atoms with Crippen LogP contribution in [-0.2, 0) is 11.8 Å². The van der Waals surface area contributed by atoms with Crippen molar-refractivity contribution in [3.05, 3.63) is 17.0 Å². The van der Waals surface area contributed by atoms with Crippen molar-refractivity contribution in [2.75, 3.05) is 6.54 Å². The van der Waals surface area contributed by atoms with Gasteiger partial charge in [-0.05, 0) is 45.4 Å². The molecule has 2 atom stereocenters. The van der Waals surface area contributed by atoms with E-state index in [0.717, 1.165) is 42.8 Å². The highest BCUT2D eigenvalue weighted by Gasteiger charge is 2.35. The number of rotatable bonds is 3. The molecule has 2 heterocycles. The van der Waals surface area contributed by atoms with Crippen LogP contribution in [0, 0.1) is 19.3 Å². The van der Waals surface area contributed by atoms with Gasteiger partial charge in [0.1, 0.15) is 0 Å². The quantitative estimate of drug-likeness (QED) is 0.856. The summed E-state index contributed by atoms with van der Waals surface area (Å²) in [5, 5.41) is 4.47. The van der Waals surface area contributed by atoms with Gasteiger partial charge in [0.25, 0.3) is 0 Å². The van der Waals surface area contributed by atoms with Crippen LogP contribution < -0.4 is 0 Å². The highest BCUT2D eigenvalue weighted by molar-refractivity contribution is 5.84.